The van der Waals surface area contributed by atoms with Gasteiger partial charge in [0.1, 0.15) is 29.4 Å². The minimum Gasteiger partial charge on any atom is -0.496 e. The smallest absolute Gasteiger partial charge is 0.420 e. The fourth-order valence-electron chi connectivity index (χ4n) is 5.39. The van der Waals surface area contributed by atoms with Crippen LogP contribution in [0, 0.1) is 0 Å². The highest BCUT2D eigenvalue weighted by Crippen LogP contribution is 2.44. The molecule has 0 radical (unpaired) electrons. The van der Waals surface area contributed by atoms with Crippen LogP contribution in [0.4, 0.5) is 22.0 Å². The lowest BCUT2D eigenvalue weighted by atomic mass is 9.92. The number of benzene rings is 2. The summed E-state index contributed by atoms with van der Waals surface area (Å²) >= 11 is 0. The van der Waals surface area contributed by atoms with Crippen molar-refractivity contribution < 1.29 is 46.1 Å². The molecule has 5 aromatic rings. The molecular weight excluding hydrogens is 633 g/mol. The van der Waals surface area contributed by atoms with E-state index in [1.165, 1.54) is 30.3 Å². The Labute approximate surface area is 262 Å². The molecule has 1 saturated heterocycles. The molecule has 3 aromatic heterocycles. The summed E-state index contributed by atoms with van der Waals surface area (Å²) in [6.07, 6.45) is 1.53. The summed E-state index contributed by atoms with van der Waals surface area (Å²) in [6.45, 7) is -5.49. The SMILES string of the molecule is COc1cc(-c2c3c(OCc4ccnnc4)cc(-c4cnn(C)c4)cc3nn2C)cc(OC(F)F)c1C(=O)N1CC(O)(C(F)(F)F)C1. The van der Waals surface area contributed by atoms with Gasteiger partial charge in [-0.15, -0.1) is 0 Å². The number of halogens is 5. The molecule has 4 heterocycles. The Morgan fingerprint density at radius 3 is 2.36 bits per heavy atom. The van der Waals surface area contributed by atoms with E-state index in [1.807, 2.05) is 6.20 Å². The molecule has 1 amide bonds. The third-order valence-electron chi connectivity index (χ3n) is 7.69. The van der Waals surface area contributed by atoms with Gasteiger partial charge in [0, 0.05) is 43.2 Å². The third-order valence-corrected chi connectivity index (χ3v) is 7.69. The van der Waals surface area contributed by atoms with Crippen LogP contribution in [0.1, 0.15) is 15.9 Å². The molecule has 1 N–H and O–H groups in total. The highest BCUT2D eigenvalue weighted by atomic mass is 19.4. The monoisotopic (exact) mass is 659 g/mol. The van der Waals surface area contributed by atoms with Gasteiger partial charge >= 0.3 is 12.8 Å². The number of β-amino-alcohol motifs (C(OH)–C–C–N with tert-alkyl or cyclic N) is 1. The van der Waals surface area contributed by atoms with Crippen molar-refractivity contribution >= 4 is 16.8 Å². The molecule has 0 unspecified atom stereocenters. The zero-order valence-corrected chi connectivity index (χ0v) is 25.0. The van der Waals surface area contributed by atoms with E-state index in [0.717, 1.165) is 17.2 Å². The summed E-state index contributed by atoms with van der Waals surface area (Å²) < 4.78 is 86.6. The molecule has 1 aliphatic heterocycles. The number of likely N-dealkylation sites (tertiary alicyclic amines) is 1. The Morgan fingerprint density at radius 1 is 1.02 bits per heavy atom. The molecular formula is C30H26F5N7O5. The van der Waals surface area contributed by atoms with E-state index in [-0.39, 0.29) is 17.9 Å². The number of amides is 1. The van der Waals surface area contributed by atoms with E-state index in [0.29, 0.717) is 32.8 Å². The van der Waals surface area contributed by atoms with E-state index in [1.54, 1.807) is 43.2 Å². The molecule has 0 bridgehead atoms. The van der Waals surface area contributed by atoms with Crippen LogP contribution in [-0.2, 0) is 20.7 Å². The maximum absolute atomic E-state index is 13.7. The van der Waals surface area contributed by atoms with Crippen LogP contribution in [0.25, 0.3) is 33.3 Å². The topological polar surface area (TPSA) is 130 Å². The molecule has 12 nitrogen and oxygen atoms in total. The Kier molecular flexibility index (Phi) is 7.95. The number of hydrogen-bond donors (Lipinski definition) is 1. The molecule has 0 atom stereocenters. The second-order valence-electron chi connectivity index (χ2n) is 10.9. The molecule has 0 saturated carbocycles. The number of ether oxygens (including phenoxy) is 3. The van der Waals surface area contributed by atoms with Crippen LogP contribution in [0.15, 0.2) is 55.1 Å². The predicted octanol–water partition coefficient (Wildman–Crippen LogP) is 4.37. The number of methoxy groups -OCH3 is 1. The third kappa shape index (κ3) is 5.89. The first-order chi connectivity index (χ1) is 22.3. The number of aliphatic hydroxyl groups is 1. The van der Waals surface area contributed by atoms with E-state index in [2.05, 4.69) is 20.4 Å². The number of alkyl halides is 5. The summed E-state index contributed by atoms with van der Waals surface area (Å²) in [4.78, 5) is 14.0. The first kappa shape index (κ1) is 31.7. The highest BCUT2D eigenvalue weighted by molar-refractivity contribution is 6.04. The first-order valence-corrected chi connectivity index (χ1v) is 13.9. The predicted molar refractivity (Wildman–Crippen MR) is 155 cm³/mol. The summed E-state index contributed by atoms with van der Waals surface area (Å²) in [7, 11) is 4.56. The van der Waals surface area contributed by atoms with Crippen molar-refractivity contribution in [1.29, 1.82) is 0 Å². The van der Waals surface area contributed by atoms with Gasteiger partial charge < -0.3 is 24.2 Å². The lowest BCUT2D eigenvalue weighted by Gasteiger charge is -2.47. The van der Waals surface area contributed by atoms with Gasteiger partial charge in [0.2, 0.25) is 0 Å². The van der Waals surface area contributed by atoms with Crippen molar-refractivity contribution in [3.05, 3.63) is 66.2 Å². The Balaban J connectivity index is 1.48. The Bertz CT molecular complexity index is 1960. The van der Waals surface area contributed by atoms with Gasteiger partial charge in [0.25, 0.3) is 5.91 Å². The summed E-state index contributed by atoms with van der Waals surface area (Å²) in [6, 6.07) is 7.81. The number of rotatable bonds is 9. The van der Waals surface area contributed by atoms with Gasteiger partial charge in [0.15, 0.2) is 5.60 Å². The van der Waals surface area contributed by atoms with Gasteiger partial charge in [-0.05, 0) is 35.9 Å². The fraction of sp³-hybridized carbons (Fsp3) is 0.300. The van der Waals surface area contributed by atoms with Crippen LogP contribution in [0.5, 0.6) is 17.2 Å². The van der Waals surface area contributed by atoms with E-state index >= 15 is 0 Å². The number of carbonyl (C=O) groups is 1. The minimum absolute atomic E-state index is 0.0893. The molecule has 0 spiro atoms. The van der Waals surface area contributed by atoms with Crippen LogP contribution in [-0.4, -0.2) is 84.3 Å². The standard InChI is InChI=1S/C30H26F5N7O5/c1-40-12-19(11-38-40)17-6-20-24(22(7-17)46-13-16-4-5-36-37-10-16)26(41(2)39-20)18-8-21(45-3)25(23(9-18)47-28(31)32)27(43)42-14-29(44,15-42)30(33,34)35/h4-12,28,44H,13-15H2,1-3H3. The molecule has 246 valence electrons. The zero-order valence-electron chi connectivity index (χ0n) is 25.0. The summed E-state index contributed by atoms with van der Waals surface area (Å²) in [5.41, 5.74) is -0.381. The molecule has 6 rings (SSSR count). The molecule has 0 aliphatic carbocycles. The van der Waals surface area contributed by atoms with Crippen LogP contribution in [0.2, 0.25) is 0 Å². The van der Waals surface area contributed by atoms with Crippen molar-refractivity contribution in [2.24, 2.45) is 14.1 Å². The van der Waals surface area contributed by atoms with Crippen molar-refractivity contribution in [2.45, 2.75) is 25.0 Å². The zero-order chi connectivity index (χ0) is 33.7. The molecule has 17 heteroatoms. The van der Waals surface area contributed by atoms with Crippen LogP contribution in [0.3, 0.4) is 0 Å². The van der Waals surface area contributed by atoms with Crippen molar-refractivity contribution in [2.75, 3.05) is 20.2 Å². The number of hydrogen-bond acceptors (Lipinski definition) is 9. The van der Waals surface area contributed by atoms with Crippen LogP contribution >= 0.6 is 0 Å². The Hall–Kier alpha value is -5.32. The van der Waals surface area contributed by atoms with Gasteiger partial charge in [-0.3, -0.25) is 14.2 Å². The average Bonchev–Trinajstić information content (AvgIpc) is 3.59. The lowest BCUT2D eigenvalue weighted by Crippen LogP contribution is -2.70. The normalized spacial score (nSPS) is 14.4. The second-order valence-corrected chi connectivity index (χ2v) is 10.9. The molecule has 2 aromatic carbocycles. The number of nitrogens with zero attached hydrogens (tertiary/aromatic N) is 7. The summed E-state index contributed by atoms with van der Waals surface area (Å²) in [5, 5.41) is 26.8. The quantitative estimate of drug-likeness (QED) is 0.230. The van der Waals surface area contributed by atoms with Crippen molar-refractivity contribution in [3.63, 3.8) is 0 Å². The van der Waals surface area contributed by atoms with E-state index < -0.39 is 48.7 Å². The number of fused-ring (bicyclic) bond motifs is 1. The van der Waals surface area contributed by atoms with E-state index in [9.17, 15) is 31.9 Å². The van der Waals surface area contributed by atoms with Gasteiger partial charge in [-0.2, -0.15) is 42.3 Å². The maximum Gasteiger partial charge on any atom is 0.420 e. The highest BCUT2D eigenvalue weighted by Gasteiger charge is 2.62. The number of carbonyl (C=O) groups excluding carboxylic acids is 1. The van der Waals surface area contributed by atoms with Gasteiger partial charge in [-0.1, -0.05) is 0 Å². The van der Waals surface area contributed by atoms with Crippen molar-refractivity contribution in [1.82, 2.24) is 34.7 Å². The van der Waals surface area contributed by atoms with E-state index in [4.69, 9.17) is 14.2 Å². The molecule has 1 fully saturated rings. The lowest BCUT2D eigenvalue weighted by molar-refractivity contribution is -0.294. The summed E-state index contributed by atoms with van der Waals surface area (Å²) in [5.74, 6) is -1.63. The number of aryl methyl sites for hydroxylation is 2. The average molecular weight is 660 g/mol. The van der Waals surface area contributed by atoms with Gasteiger partial charge in [0.05, 0.1) is 49.2 Å². The first-order valence-electron chi connectivity index (χ1n) is 13.9. The fourth-order valence-corrected chi connectivity index (χ4v) is 5.39. The second kappa shape index (κ2) is 11.8. The van der Waals surface area contributed by atoms with Crippen LogP contribution < -0.4 is 14.2 Å². The maximum atomic E-state index is 13.7. The Morgan fingerprint density at radius 2 is 1.74 bits per heavy atom. The molecule has 1 aliphatic rings. The number of aromatic nitrogens is 6. The molecule has 47 heavy (non-hydrogen) atoms. The van der Waals surface area contributed by atoms with Crippen molar-refractivity contribution in [3.8, 4) is 39.6 Å². The van der Waals surface area contributed by atoms with Gasteiger partial charge in [-0.25, -0.2) is 0 Å². The minimum atomic E-state index is -4.99. The largest absolute Gasteiger partial charge is 0.496 e.